The van der Waals surface area contributed by atoms with Crippen molar-refractivity contribution in [3.8, 4) is 6.07 Å². The molecule has 22 heavy (non-hydrogen) atoms. The van der Waals surface area contributed by atoms with E-state index in [1.165, 1.54) is 0 Å². The Morgan fingerprint density at radius 1 is 1.32 bits per heavy atom. The highest BCUT2D eigenvalue weighted by molar-refractivity contribution is 5.92. The Morgan fingerprint density at radius 3 is 2.64 bits per heavy atom. The predicted octanol–water partition coefficient (Wildman–Crippen LogP) is 2.31. The lowest BCUT2D eigenvalue weighted by Crippen LogP contribution is -2.38. The molecule has 0 spiro atoms. The first-order chi connectivity index (χ1) is 10.7. The molecule has 2 aromatic rings. The van der Waals surface area contributed by atoms with E-state index in [0.717, 1.165) is 37.3 Å². The summed E-state index contributed by atoms with van der Waals surface area (Å²) in [6.07, 6.45) is 5.33. The average Bonchev–Trinajstić information content (AvgIpc) is 3.00. The zero-order valence-corrected chi connectivity index (χ0v) is 12.6. The molecule has 0 aromatic carbocycles. The van der Waals surface area contributed by atoms with Gasteiger partial charge in [0, 0.05) is 44.1 Å². The third-order valence-electron chi connectivity index (χ3n) is 4.28. The van der Waals surface area contributed by atoms with Gasteiger partial charge in [-0.25, -0.2) is 0 Å². The van der Waals surface area contributed by atoms with Crippen LogP contribution in [0.1, 0.15) is 40.5 Å². The fourth-order valence-electron chi connectivity index (χ4n) is 2.94. The standard InChI is InChI=1S/C17H18N4O/c1-20-8-2-3-16(20)17(22)21-9-6-14(7-10-21)15-5-4-13(11-18)12-19-15/h2-5,8,12,14H,6-7,9-10H2,1H3. The minimum absolute atomic E-state index is 0.0961. The second-order valence-electron chi connectivity index (χ2n) is 5.65. The number of nitrogens with zero attached hydrogens (tertiary/aromatic N) is 4. The number of aryl methyl sites for hydroxylation is 1. The molecule has 0 saturated carbocycles. The summed E-state index contributed by atoms with van der Waals surface area (Å²) in [4.78, 5) is 18.8. The molecule has 0 radical (unpaired) electrons. The molecule has 2 aromatic heterocycles. The molecule has 3 rings (SSSR count). The molecule has 1 amide bonds. The SMILES string of the molecule is Cn1cccc1C(=O)N1CCC(c2ccc(C#N)cn2)CC1. The van der Waals surface area contributed by atoms with Gasteiger partial charge in [-0.3, -0.25) is 9.78 Å². The summed E-state index contributed by atoms with van der Waals surface area (Å²) in [7, 11) is 1.89. The Bertz CT molecular complexity index is 703. The Kier molecular flexibility index (Phi) is 3.92. The molecular weight excluding hydrogens is 276 g/mol. The highest BCUT2D eigenvalue weighted by Gasteiger charge is 2.26. The second-order valence-corrected chi connectivity index (χ2v) is 5.65. The number of nitriles is 1. The van der Waals surface area contributed by atoms with E-state index in [1.54, 1.807) is 6.20 Å². The maximum atomic E-state index is 12.5. The van der Waals surface area contributed by atoms with Gasteiger partial charge in [-0.1, -0.05) is 0 Å². The smallest absolute Gasteiger partial charge is 0.270 e. The predicted molar refractivity (Wildman–Crippen MR) is 82.2 cm³/mol. The number of carbonyl (C=O) groups excluding carboxylic acids is 1. The molecule has 0 aliphatic carbocycles. The monoisotopic (exact) mass is 294 g/mol. The van der Waals surface area contributed by atoms with Gasteiger partial charge in [0.2, 0.25) is 0 Å². The first-order valence-electron chi connectivity index (χ1n) is 7.45. The minimum Gasteiger partial charge on any atom is -0.347 e. The highest BCUT2D eigenvalue weighted by atomic mass is 16.2. The van der Waals surface area contributed by atoms with Crippen LogP contribution in [0.25, 0.3) is 0 Å². The number of aromatic nitrogens is 2. The van der Waals surface area contributed by atoms with E-state index in [9.17, 15) is 4.79 Å². The highest BCUT2D eigenvalue weighted by Crippen LogP contribution is 2.27. The van der Waals surface area contributed by atoms with Gasteiger partial charge in [-0.15, -0.1) is 0 Å². The van der Waals surface area contributed by atoms with Gasteiger partial charge < -0.3 is 9.47 Å². The normalized spacial score (nSPS) is 15.5. The van der Waals surface area contributed by atoms with E-state index >= 15 is 0 Å². The van der Waals surface area contributed by atoms with Crippen LogP contribution in [0.4, 0.5) is 0 Å². The van der Waals surface area contributed by atoms with Crippen LogP contribution in [-0.4, -0.2) is 33.4 Å². The minimum atomic E-state index is 0.0961. The Labute approximate surface area is 129 Å². The molecule has 112 valence electrons. The molecule has 5 heteroatoms. The van der Waals surface area contributed by atoms with Crippen LogP contribution in [0.15, 0.2) is 36.7 Å². The summed E-state index contributed by atoms with van der Waals surface area (Å²) in [6.45, 7) is 1.49. The van der Waals surface area contributed by atoms with E-state index < -0.39 is 0 Å². The number of hydrogen-bond acceptors (Lipinski definition) is 3. The number of hydrogen-bond donors (Lipinski definition) is 0. The van der Waals surface area contributed by atoms with E-state index in [1.807, 2.05) is 47.0 Å². The van der Waals surface area contributed by atoms with Crippen molar-refractivity contribution in [1.82, 2.24) is 14.5 Å². The molecule has 5 nitrogen and oxygen atoms in total. The van der Waals surface area contributed by atoms with Crippen molar-refractivity contribution in [2.75, 3.05) is 13.1 Å². The zero-order valence-electron chi connectivity index (χ0n) is 12.6. The fraction of sp³-hybridized carbons (Fsp3) is 0.353. The summed E-state index contributed by atoms with van der Waals surface area (Å²) in [6, 6.07) is 9.57. The number of piperidine rings is 1. The number of carbonyl (C=O) groups is 1. The summed E-state index contributed by atoms with van der Waals surface area (Å²) in [5.41, 5.74) is 2.33. The van der Waals surface area contributed by atoms with Gasteiger partial charge in [0.15, 0.2) is 0 Å². The fourth-order valence-corrected chi connectivity index (χ4v) is 2.94. The van der Waals surface area contributed by atoms with Crippen LogP contribution >= 0.6 is 0 Å². The van der Waals surface area contributed by atoms with Crippen molar-refractivity contribution in [2.45, 2.75) is 18.8 Å². The maximum Gasteiger partial charge on any atom is 0.270 e. The van der Waals surface area contributed by atoms with Crippen LogP contribution in [0, 0.1) is 11.3 Å². The number of rotatable bonds is 2. The Hall–Kier alpha value is -2.61. The van der Waals surface area contributed by atoms with Crippen molar-refractivity contribution in [1.29, 1.82) is 5.26 Å². The van der Waals surface area contributed by atoms with Gasteiger partial charge in [0.25, 0.3) is 5.91 Å². The first kappa shape index (κ1) is 14.3. The van der Waals surface area contributed by atoms with Gasteiger partial charge in [-0.05, 0) is 37.1 Å². The van der Waals surface area contributed by atoms with E-state index in [4.69, 9.17) is 5.26 Å². The topological polar surface area (TPSA) is 61.9 Å². The Balaban J connectivity index is 1.64. The van der Waals surface area contributed by atoms with Gasteiger partial charge in [0.1, 0.15) is 11.8 Å². The van der Waals surface area contributed by atoms with Crippen LogP contribution in [0.5, 0.6) is 0 Å². The summed E-state index contributed by atoms with van der Waals surface area (Å²) in [5, 5.41) is 8.81. The lowest BCUT2D eigenvalue weighted by atomic mass is 9.92. The third kappa shape index (κ3) is 2.73. The molecule has 0 N–H and O–H groups in total. The van der Waals surface area contributed by atoms with Crippen LogP contribution < -0.4 is 0 Å². The lowest BCUT2D eigenvalue weighted by Gasteiger charge is -2.31. The lowest BCUT2D eigenvalue weighted by molar-refractivity contribution is 0.0702. The molecule has 0 unspecified atom stereocenters. The summed E-state index contributed by atoms with van der Waals surface area (Å²) < 4.78 is 1.86. The van der Waals surface area contributed by atoms with Crippen molar-refractivity contribution in [3.05, 3.63) is 53.6 Å². The average molecular weight is 294 g/mol. The third-order valence-corrected chi connectivity index (χ3v) is 4.28. The van der Waals surface area contributed by atoms with E-state index in [2.05, 4.69) is 11.1 Å². The zero-order chi connectivity index (χ0) is 15.5. The van der Waals surface area contributed by atoms with Crippen molar-refractivity contribution in [3.63, 3.8) is 0 Å². The van der Waals surface area contributed by atoms with Crippen LogP contribution in [-0.2, 0) is 7.05 Å². The summed E-state index contributed by atoms with van der Waals surface area (Å²) >= 11 is 0. The van der Waals surface area contributed by atoms with E-state index in [0.29, 0.717) is 11.5 Å². The largest absolute Gasteiger partial charge is 0.347 e. The molecule has 0 bridgehead atoms. The molecular formula is C17H18N4O. The van der Waals surface area contributed by atoms with Crippen LogP contribution in [0.2, 0.25) is 0 Å². The molecule has 1 fully saturated rings. The van der Waals surface area contributed by atoms with E-state index in [-0.39, 0.29) is 5.91 Å². The molecule has 1 aliphatic rings. The van der Waals surface area contributed by atoms with Gasteiger partial charge >= 0.3 is 0 Å². The van der Waals surface area contributed by atoms with Gasteiger partial charge in [-0.2, -0.15) is 5.26 Å². The number of amides is 1. The second kappa shape index (κ2) is 6.02. The molecule has 3 heterocycles. The first-order valence-corrected chi connectivity index (χ1v) is 7.45. The van der Waals surface area contributed by atoms with Crippen molar-refractivity contribution < 1.29 is 4.79 Å². The quantitative estimate of drug-likeness (QED) is 0.854. The van der Waals surface area contributed by atoms with Crippen molar-refractivity contribution >= 4 is 5.91 Å². The van der Waals surface area contributed by atoms with Crippen molar-refractivity contribution in [2.24, 2.45) is 7.05 Å². The Morgan fingerprint density at radius 2 is 2.09 bits per heavy atom. The maximum absolute atomic E-state index is 12.5. The molecule has 1 saturated heterocycles. The molecule has 1 aliphatic heterocycles. The molecule has 0 atom stereocenters. The van der Waals surface area contributed by atoms with Gasteiger partial charge in [0.05, 0.1) is 5.56 Å². The number of pyridine rings is 1. The van der Waals surface area contributed by atoms with Crippen LogP contribution in [0.3, 0.4) is 0 Å². The summed E-state index contributed by atoms with van der Waals surface area (Å²) in [5.74, 6) is 0.462. The number of likely N-dealkylation sites (tertiary alicyclic amines) is 1.